The van der Waals surface area contributed by atoms with Gasteiger partial charge in [-0.2, -0.15) is 5.10 Å². The number of nitrogens with zero attached hydrogens (tertiary/aromatic N) is 4. The summed E-state index contributed by atoms with van der Waals surface area (Å²) in [5.41, 5.74) is 5.27. The fourth-order valence-corrected chi connectivity index (χ4v) is 4.52. The Kier molecular flexibility index (Phi) is 7.28. The van der Waals surface area contributed by atoms with Crippen LogP contribution >= 0.6 is 0 Å². The average Bonchev–Trinajstić information content (AvgIpc) is 3.46. The Bertz CT molecular complexity index is 1750. The van der Waals surface area contributed by atoms with Gasteiger partial charge < -0.3 is 10.4 Å². The SMILES string of the molecule is Cc1ccc(-n2nc(C(C)(C)C)cc2NC(=O)Nc2ccc(Cn3cc(O)n(-c4ccccc4C)c3=O)cc2)cc1. The van der Waals surface area contributed by atoms with E-state index in [1.165, 1.54) is 15.3 Å². The fraction of sp³-hybridized carbons (Fsp3) is 0.219. The Balaban J connectivity index is 1.30. The van der Waals surface area contributed by atoms with E-state index in [0.29, 0.717) is 17.2 Å². The van der Waals surface area contributed by atoms with E-state index in [4.69, 9.17) is 5.10 Å². The molecule has 9 heteroatoms. The number of nitrogens with one attached hydrogen (secondary N) is 2. The molecule has 0 saturated heterocycles. The molecule has 5 aromatic rings. The largest absolute Gasteiger partial charge is 0.493 e. The van der Waals surface area contributed by atoms with Gasteiger partial charge in [-0.15, -0.1) is 0 Å². The van der Waals surface area contributed by atoms with Crippen molar-refractivity contribution in [3.05, 3.63) is 118 Å². The lowest BCUT2D eigenvalue weighted by atomic mass is 9.92. The van der Waals surface area contributed by atoms with Crippen LogP contribution in [0.15, 0.2) is 89.9 Å². The van der Waals surface area contributed by atoms with Crippen molar-refractivity contribution in [3.8, 4) is 17.3 Å². The molecule has 0 radical (unpaired) electrons. The van der Waals surface area contributed by atoms with Gasteiger partial charge in [0.15, 0.2) is 0 Å². The second kappa shape index (κ2) is 10.8. The number of aryl methyl sites for hydroxylation is 2. The molecule has 0 aliphatic rings. The molecule has 2 amide bonds. The van der Waals surface area contributed by atoms with Crippen molar-refractivity contribution < 1.29 is 9.90 Å². The lowest BCUT2D eigenvalue weighted by Crippen LogP contribution is -2.24. The third kappa shape index (κ3) is 5.94. The van der Waals surface area contributed by atoms with Crippen molar-refractivity contribution in [3.63, 3.8) is 0 Å². The average molecular weight is 551 g/mol. The summed E-state index contributed by atoms with van der Waals surface area (Å²) in [4.78, 5) is 26.0. The van der Waals surface area contributed by atoms with Gasteiger partial charge in [0.05, 0.1) is 29.8 Å². The summed E-state index contributed by atoms with van der Waals surface area (Å²) in [5.74, 6) is 0.434. The molecule has 0 unspecified atom stereocenters. The number of carbonyl (C=O) groups is 1. The Morgan fingerprint density at radius 3 is 2.27 bits per heavy atom. The molecule has 0 spiro atoms. The van der Waals surface area contributed by atoms with Gasteiger partial charge in [-0.25, -0.2) is 18.8 Å². The molecule has 5 rings (SSSR count). The number of urea groups is 1. The lowest BCUT2D eigenvalue weighted by Gasteiger charge is -2.14. The van der Waals surface area contributed by atoms with Crippen LogP contribution in [0.25, 0.3) is 11.4 Å². The first kappa shape index (κ1) is 27.5. The Morgan fingerprint density at radius 2 is 1.61 bits per heavy atom. The van der Waals surface area contributed by atoms with Crippen LogP contribution in [0.2, 0.25) is 0 Å². The maximum absolute atomic E-state index is 13.0. The summed E-state index contributed by atoms with van der Waals surface area (Å²) in [6.07, 6.45) is 1.43. The molecular formula is C32H34N6O3. The Labute approximate surface area is 238 Å². The number of hydrogen-bond donors (Lipinski definition) is 3. The van der Waals surface area contributed by atoms with Crippen molar-refractivity contribution >= 4 is 17.5 Å². The highest BCUT2D eigenvalue weighted by Gasteiger charge is 2.22. The number of para-hydroxylation sites is 1. The van der Waals surface area contributed by atoms with Gasteiger partial charge >= 0.3 is 11.7 Å². The first-order chi connectivity index (χ1) is 19.5. The molecule has 0 fully saturated rings. The molecule has 0 atom stereocenters. The molecular weight excluding hydrogens is 516 g/mol. The van der Waals surface area contributed by atoms with Crippen LogP contribution in [-0.4, -0.2) is 30.1 Å². The van der Waals surface area contributed by atoms with Gasteiger partial charge in [-0.1, -0.05) is 68.8 Å². The number of hydrogen-bond acceptors (Lipinski definition) is 4. The predicted molar refractivity (Wildman–Crippen MR) is 162 cm³/mol. The molecule has 9 nitrogen and oxygen atoms in total. The Hall–Kier alpha value is -5.05. The van der Waals surface area contributed by atoms with Crippen LogP contribution in [0.5, 0.6) is 5.88 Å². The predicted octanol–water partition coefficient (Wildman–Crippen LogP) is 6.14. The lowest BCUT2D eigenvalue weighted by molar-refractivity contribution is 0.262. The van der Waals surface area contributed by atoms with Gasteiger partial charge in [0.25, 0.3) is 0 Å². The number of carbonyl (C=O) groups excluding carboxylic acids is 1. The summed E-state index contributed by atoms with van der Waals surface area (Å²) < 4.78 is 4.48. The van der Waals surface area contributed by atoms with E-state index < -0.39 is 6.03 Å². The number of aromatic nitrogens is 4. The highest BCUT2D eigenvalue weighted by molar-refractivity contribution is 5.99. The molecule has 41 heavy (non-hydrogen) atoms. The maximum Gasteiger partial charge on any atom is 0.336 e. The molecule has 0 bridgehead atoms. The van der Waals surface area contributed by atoms with Crippen LogP contribution in [0.4, 0.5) is 16.3 Å². The van der Waals surface area contributed by atoms with E-state index in [9.17, 15) is 14.7 Å². The standard InChI is InChI=1S/C32H34N6O3/c1-21-10-16-25(17-11-21)38-28(18-27(35-38)32(3,4)5)34-30(40)33-24-14-12-23(13-15-24)19-36-20-29(39)37(31(36)41)26-9-7-6-8-22(26)2/h6-18,20,39H,19H2,1-5H3,(H2,33,34,40). The minimum atomic E-state index is -0.400. The number of rotatable bonds is 6. The fourth-order valence-electron chi connectivity index (χ4n) is 4.52. The molecule has 0 aliphatic heterocycles. The minimum Gasteiger partial charge on any atom is -0.493 e. The van der Waals surface area contributed by atoms with Gasteiger partial charge in [-0.05, 0) is 55.3 Å². The van der Waals surface area contributed by atoms with Crippen molar-refractivity contribution in [2.24, 2.45) is 0 Å². The topological polar surface area (TPSA) is 106 Å². The number of amides is 2. The minimum absolute atomic E-state index is 0.126. The van der Waals surface area contributed by atoms with E-state index >= 15 is 0 Å². The third-order valence-corrected chi connectivity index (χ3v) is 6.86. The summed E-state index contributed by atoms with van der Waals surface area (Å²) >= 11 is 0. The number of aromatic hydroxyl groups is 1. The van der Waals surface area contributed by atoms with E-state index in [1.54, 1.807) is 22.9 Å². The Morgan fingerprint density at radius 1 is 0.927 bits per heavy atom. The molecule has 210 valence electrons. The highest BCUT2D eigenvalue weighted by atomic mass is 16.3. The highest BCUT2D eigenvalue weighted by Crippen LogP contribution is 2.27. The van der Waals surface area contributed by atoms with E-state index in [2.05, 4.69) is 31.4 Å². The molecule has 0 saturated carbocycles. The van der Waals surface area contributed by atoms with Gasteiger partial charge in [0, 0.05) is 17.2 Å². The normalized spacial score (nSPS) is 11.4. The smallest absolute Gasteiger partial charge is 0.336 e. The van der Waals surface area contributed by atoms with Crippen LogP contribution in [0, 0.1) is 13.8 Å². The zero-order valence-corrected chi connectivity index (χ0v) is 23.8. The first-order valence-corrected chi connectivity index (χ1v) is 13.4. The zero-order valence-electron chi connectivity index (χ0n) is 23.8. The number of imidazole rings is 1. The maximum atomic E-state index is 13.0. The van der Waals surface area contributed by atoms with Gasteiger partial charge in [0.2, 0.25) is 5.88 Å². The summed E-state index contributed by atoms with van der Waals surface area (Å²) in [6, 6.07) is 24.0. The van der Waals surface area contributed by atoms with Crippen molar-refractivity contribution in [2.45, 2.75) is 46.6 Å². The number of benzene rings is 3. The second-order valence-electron chi connectivity index (χ2n) is 11.2. The zero-order chi connectivity index (χ0) is 29.3. The van der Waals surface area contributed by atoms with Crippen molar-refractivity contribution in [1.29, 1.82) is 0 Å². The van der Waals surface area contributed by atoms with Crippen molar-refractivity contribution in [2.75, 3.05) is 10.6 Å². The van der Waals surface area contributed by atoms with Crippen LogP contribution in [0.1, 0.15) is 43.2 Å². The summed E-state index contributed by atoms with van der Waals surface area (Å²) in [5, 5.41) is 21.0. The van der Waals surface area contributed by atoms with E-state index in [0.717, 1.165) is 28.1 Å². The first-order valence-electron chi connectivity index (χ1n) is 13.4. The van der Waals surface area contributed by atoms with E-state index in [1.807, 2.05) is 74.5 Å². The molecule has 3 N–H and O–H groups in total. The molecule has 0 aliphatic carbocycles. The summed E-state index contributed by atoms with van der Waals surface area (Å²) in [7, 11) is 0. The van der Waals surface area contributed by atoms with Crippen LogP contribution < -0.4 is 16.3 Å². The van der Waals surface area contributed by atoms with Crippen LogP contribution in [-0.2, 0) is 12.0 Å². The summed E-state index contributed by atoms with van der Waals surface area (Å²) in [6.45, 7) is 10.4. The molecule has 2 heterocycles. The van der Waals surface area contributed by atoms with Crippen molar-refractivity contribution in [1.82, 2.24) is 18.9 Å². The number of anilines is 2. The molecule has 3 aromatic carbocycles. The van der Waals surface area contributed by atoms with E-state index in [-0.39, 0.29) is 23.5 Å². The monoisotopic (exact) mass is 550 g/mol. The quantitative estimate of drug-likeness (QED) is 0.236. The molecule has 2 aromatic heterocycles. The van der Waals surface area contributed by atoms with Gasteiger partial charge in [0.1, 0.15) is 5.82 Å². The second-order valence-corrected chi connectivity index (χ2v) is 11.2. The van der Waals surface area contributed by atoms with Gasteiger partial charge in [-0.3, -0.25) is 9.88 Å². The third-order valence-electron chi connectivity index (χ3n) is 6.86. The van der Waals surface area contributed by atoms with Crippen LogP contribution in [0.3, 0.4) is 0 Å².